The van der Waals surface area contributed by atoms with E-state index in [-0.39, 0.29) is 5.41 Å². The largest absolute Gasteiger partial charge is 0.383 e. The molecule has 1 aliphatic rings. The van der Waals surface area contributed by atoms with Crippen molar-refractivity contribution in [2.24, 2.45) is 5.41 Å². The van der Waals surface area contributed by atoms with E-state index >= 15 is 0 Å². The number of hydrogen-bond acceptors (Lipinski definition) is 2. The van der Waals surface area contributed by atoms with Gasteiger partial charge in [0.2, 0.25) is 0 Å². The third kappa shape index (κ3) is 2.71. The van der Waals surface area contributed by atoms with Crippen LogP contribution in [-0.2, 0) is 6.54 Å². The molecule has 0 radical (unpaired) electrons. The summed E-state index contributed by atoms with van der Waals surface area (Å²) in [5.74, 6) is 0. The van der Waals surface area contributed by atoms with Crippen LogP contribution in [0.4, 0.5) is 0 Å². The van der Waals surface area contributed by atoms with Gasteiger partial charge in [0.25, 0.3) is 0 Å². The second-order valence-corrected chi connectivity index (χ2v) is 7.14. The quantitative estimate of drug-likeness (QED) is 0.922. The van der Waals surface area contributed by atoms with Crippen molar-refractivity contribution in [1.29, 1.82) is 0 Å². The van der Waals surface area contributed by atoms with Crippen molar-refractivity contribution >= 4 is 17.7 Å². The average molecular weight is 317 g/mol. The molecule has 0 spiro atoms. The van der Waals surface area contributed by atoms with E-state index in [1.807, 2.05) is 35.0 Å². The molecule has 1 unspecified atom stereocenters. The summed E-state index contributed by atoms with van der Waals surface area (Å²) >= 11 is 5.94. The maximum atomic E-state index is 11.4. The number of halogens is 1. The van der Waals surface area contributed by atoms with E-state index in [2.05, 4.69) is 24.9 Å². The van der Waals surface area contributed by atoms with E-state index in [0.29, 0.717) is 6.54 Å². The smallest absolute Gasteiger partial charge is 0.109 e. The highest BCUT2D eigenvalue weighted by Gasteiger charge is 2.50. The first-order valence-corrected chi connectivity index (χ1v) is 7.93. The van der Waals surface area contributed by atoms with Crippen LogP contribution in [0.2, 0.25) is 5.02 Å². The summed E-state index contributed by atoms with van der Waals surface area (Å²) < 4.78 is 1.95. The van der Waals surface area contributed by atoms with E-state index in [1.165, 1.54) is 0 Å². The van der Waals surface area contributed by atoms with Gasteiger partial charge in [-0.3, -0.25) is 0 Å². The predicted octanol–water partition coefficient (Wildman–Crippen LogP) is 4.17. The van der Waals surface area contributed by atoms with Crippen LogP contribution in [0, 0.1) is 5.41 Å². The molecule has 3 rings (SSSR count). The van der Waals surface area contributed by atoms with Crippen molar-refractivity contribution in [2.45, 2.75) is 38.8 Å². The van der Waals surface area contributed by atoms with Gasteiger partial charge in [-0.25, -0.2) is 4.98 Å². The Kier molecular flexibility index (Phi) is 3.87. The van der Waals surface area contributed by atoms with E-state index in [9.17, 15) is 5.11 Å². The maximum Gasteiger partial charge on any atom is 0.109 e. The van der Waals surface area contributed by atoms with Crippen molar-refractivity contribution in [1.82, 2.24) is 9.55 Å². The monoisotopic (exact) mass is 316 g/mol. The lowest BCUT2D eigenvalue weighted by atomic mass is 9.76. The van der Waals surface area contributed by atoms with Gasteiger partial charge >= 0.3 is 0 Å². The molecule has 2 aromatic rings. The van der Waals surface area contributed by atoms with Crippen molar-refractivity contribution in [3.8, 4) is 0 Å². The second kappa shape index (κ2) is 5.56. The summed E-state index contributed by atoms with van der Waals surface area (Å²) in [5, 5.41) is 12.1. The van der Waals surface area contributed by atoms with Crippen LogP contribution >= 0.6 is 11.6 Å². The zero-order valence-corrected chi connectivity index (χ0v) is 13.7. The van der Waals surface area contributed by atoms with E-state index in [0.717, 1.165) is 29.0 Å². The average Bonchev–Trinajstić information content (AvgIpc) is 3.04. The molecular formula is C18H21ClN2O. The molecule has 1 N–H and O–H groups in total. The highest BCUT2D eigenvalue weighted by atomic mass is 35.5. The van der Waals surface area contributed by atoms with Crippen LogP contribution in [0.5, 0.6) is 0 Å². The molecule has 1 fully saturated rings. The van der Waals surface area contributed by atoms with Crippen LogP contribution in [0.3, 0.4) is 0 Å². The number of hydrogen-bond donors (Lipinski definition) is 1. The zero-order chi connectivity index (χ0) is 15.8. The molecule has 1 aromatic heterocycles. The molecule has 116 valence electrons. The molecule has 0 amide bonds. The molecule has 22 heavy (non-hydrogen) atoms. The Balaban J connectivity index is 1.97. The number of imidazole rings is 1. The Hall–Kier alpha value is -1.58. The second-order valence-electron chi connectivity index (χ2n) is 6.70. The Morgan fingerprint density at radius 2 is 2.05 bits per heavy atom. The molecule has 0 bridgehead atoms. The minimum atomic E-state index is -0.868. The maximum absolute atomic E-state index is 11.4. The van der Waals surface area contributed by atoms with Gasteiger partial charge in [0.1, 0.15) is 5.60 Å². The third-order valence-corrected chi connectivity index (χ3v) is 5.10. The molecule has 4 heteroatoms. The molecule has 1 aliphatic carbocycles. The summed E-state index contributed by atoms with van der Waals surface area (Å²) in [6.45, 7) is 4.79. The fraction of sp³-hybridized carbons (Fsp3) is 0.389. The summed E-state index contributed by atoms with van der Waals surface area (Å²) in [4.78, 5) is 4.08. The van der Waals surface area contributed by atoms with E-state index in [4.69, 9.17) is 11.6 Å². The number of nitrogens with zero attached hydrogens (tertiary/aromatic N) is 2. The van der Waals surface area contributed by atoms with Gasteiger partial charge in [-0.15, -0.1) is 0 Å². The zero-order valence-electron chi connectivity index (χ0n) is 13.0. The van der Waals surface area contributed by atoms with Gasteiger partial charge in [0.05, 0.1) is 12.9 Å². The van der Waals surface area contributed by atoms with Crippen molar-refractivity contribution in [2.75, 3.05) is 0 Å². The Labute approximate surface area is 136 Å². The SMILES string of the molecule is CC1(C)CC/C(=C\c2ccc(Cl)cc2)C1(O)Cn1ccnc1. The molecule has 0 aliphatic heterocycles. The number of benzene rings is 1. The van der Waals surface area contributed by atoms with Crippen LogP contribution in [-0.4, -0.2) is 20.3 Å². The fourth-order valence-corrected chi connectivity index (χ4v) is 3.33. The molecule has 0 saturated heterocycles. The molecule has 1 atom stereocenters. The summed E-state index contributed by atoms with van der Waals surface area (Å²) in [6, 6.07) is 7.72. The predicted molar refractivity (Wildman–Crippen MR) is 89.6 cm³/mol. The van der Waals surface area contributed by atoms with E-state index < -0.39 is 5.60 Å². The lowest BCUT2D eigenvalue weighted by Crippen LogP contribution is -2.44. The summed E-state index contributed by atoms with van der Waals surface area (Å²) in [5.41, 5.74) is 1.11. The molecule has 1 aromatic carbocycles. The lowest BCUT2D eigenvalue weighted by molar-refractivity contribution is -0.0272. The first-order valence-electron chi connectivity index (χ1n) is 7.55. The molecular weight excluding hydrogens is 296 g/mol. The summed E-state index contributed by atoms with van der Waals surface area (Å²) in [7, 11) is 0. The van der Waals surface area contributed by atoms with Gasteiger partial charge in [-0.05, 0) is 41.5 Å². The number of aliphatic hydroxyl groups is 1. The van der Waals surface area contributed by atoms with Gasteiger partial charge in [0, 0.05) is 17.4 Å². The minimum Gasteiger partial charge on any atom is -0.383 e. The van der Waals surface area contributed by atoms with Crippen molar-refractivity contribution < 1.29 is 5.11 Å². The van der Waals surface area contributed by atoms with Crippen LogP contribution in [0.25, 0.3) is 6.08 Å². The van der Waals surface area contributed by atoms with Crippen LogP contribution in [0.15, 0.2) is 48.6 Å². The summed E-state index contributed by atoms with van der Waals surface area (Å²) in [6.07, 6.45) is 9.37. The van der Waals surface area contributed by atoms with Gasteiger partial charge in [-0.1, -0.05) is 43.7 Å². The normalized spacial score (nSPS) is 25.7. The number of aromatic nitrogens is 2. The highest BCUT2D eigenvalue weighted by Crippen LogP contribution is 2.50. The molecule has 1 saturated carbocycles. The van der Waals surface area contributed by atoms with Gasteiger partial charge in [-0.2, -0.15) is 0 Å². The van der Waals surface area contributed by atoms with E-state index in [1.54, 1.807) is 12.5 Å². The fourth-order valence-electron chi connectivity index (χ4n) is 3.21. The lowest BCUT2D eigenvalue weighted by Gasteiger charge is -2.38. The topological polar surface area (TPSA) is 38.0 Å². The van der Waals surface area contributed by atoms with Crippen LogP contribution < -0.4 is 0 Å². The first-order chi connectivity index (χ1) is 10.4. The van der Waals surface area contributed by atoms with Gasteiger partial charge < -0.3 is 9.67 Å². The van der Waals surface area contributed by atoms with Crippen LogP contribution in [0.1, 0.15) is 32.3 Å². The van der Waals surface area contributed by atoms with Crippen molar-refractivity contribution in [3.63, 3.8) is 0 Å². The molecule has 1 heterocycles. The molecule has 3 nitrogen and oxygen atoms in total. The first kappa shape index (κ1) is 15.3. The highest BCUT2D eigenvalue weighted by molar-refractivity contribution is 6.30. The van der Waals surface area contributed by atoms with Gasteiger partial charge in [0.15, 0.2) is 0 Å². The Bertz CT molecular complexity index is 674. The third-order valence-electron chi connectivity index (χ3n) is 4.85. The number of rotatable bonds is 3. The Morgan fingerprint density at radius 1 is 1.32 bits per heavy atom. The standard InChI is InChI=1S/C18H21ClN2O/c1-17(2)8-7-15(11-14-3-5-16(19)6-4-14)18(17,22)12-21-10-9-20-13-21/h3-6,9-11,13,22H,7-8,12H2,1-2H3/b15-11+. The van der Waals surface area contributed by atoms with Crippen molar-refractivity contribution in [3.05, 3.63) is 59.1 Å². The Morgan fingerprint density at radius 3 is 2.68 bits per heavy atom. The minimum absolute atomic E-state index is 0.171.